The number of hydrogen-bond acceptors (Lipinski definition) is 5. The van der Waals surface area contributed by atoms with Crippen LogP contribution in [-0.2, 0) is 12.1 Å². The minimum Gasteiger partial charge on any atom is -0.382 e. The van der Waals surface area contributed by atoms with Gasteiger partial charge in [-0.15, -0.1) is 0 Å². The van der Waals surface area contributed by atoms with Crippen molar-refractivity contribution in [3.63, 3.8) is 0 Å². The second-order valence-electron chi connectivity index (χ2n) is 9.78. The van der Waals surface area contributed by atoms with Crippen molar-refractivity contribution in [3.8, 4) is 11.1 Å². The van der Waals surface area contributed by atoms with E-state index in [0.29, 0.717) is 0 Å². The fourth-order valence-corrected chi connectivity index (χ4v) is 5.06. The summed E-state index contributed by atoms with van der Waals surface area (Å²) in [5.74, 6) is -0.659. The Morgan fingerprint density at radius 2 is 1.59 bits per heavy atom. The standard InChI is InChI=1S/C29H31F2N5O/c1-22-3-12-27(28(31)17-22)29(37,19-36-21-32-20-33-36)18-34-13-2-14-35(16-15-34)26-10-6-24(7-11-26)23-4-8-25(30)9-5-23/h3-12,17,20-21,37H,2,13-16,18-19H2,1H3. The van der Waals surface area contributed by atoms with Crippen LogP contribution in [0.3, 0.4) is 0 Å². The largest absolute Gasteiger partial charge is 0.382 e. The van der Waals surface area contributed by atoms with Crippen LogP contribution in [0.5, 0.6) is 0 Å². The van der Waals surface area contributed by atoms with Crippen molar-refractivity contribution in [2.75, 3.05) is 37.6 Å². The van der Waals surface area contributed by atoms with Gasteiger partial charge in [0.2, 0.25) is 0 Å². The highest BCUT2D eigenvalue weighted by Gasteiger charge is 2.36. The number of aliphatic hydroxyl groups is 1. The summed E-state index contributed by atoms with van der Waals surface area (Å²) in [5, 5.41) is 16.0. The van der Waals surface area contributed by atoms with Crippen molar-refractivity contribution in [1.29, 1.82) is 0 Å². The number of aromatic nitrogens is 3. The highest BCUT2D eigenvalue weighted by atomic mass is 19.1. The molecule has 6 nitrogen and oxygen atoms in total. The number of hydrogen-bond donors (Lipinski definition) is 1. The smallest absolute Gasteiger partial charge is 0.137 e. The number of aryl methyl sites for hydroxylation is 1. The molecule has 0 aliphatic carbocycles. The van der Waals surface area contributed by atoms with Gasteiger partial charge in [-0.3, -0.25) is 4.90 Å². The van der Waals surface area contributed by atoms with Crippen molar-refractivity contribution >= 4 is 5.69 Å². The van der Waals surface area contributed by atoms with E-state index in [4.69, 9.17) is 0 Å². The Kier molecular flexibility index (Phi) is 7.30. The SMILES string of the molecule is Cc1ccc(C(O)(CN2CCCN(c3ccc(-c4ccc(F)cc4)cc3)CC2)Cn2cncn2)c(F)c1. The van der Waals surface area contributed by atoms with Crippen LogP contribution in [0.1, 0.15) is 17.5 Å². The maximum absolute atomic E-state index is 15.0. The molecule has 2 heterocycles. The van der Waals surface area contributed by atoms with Gasteiger partial charge in [0.1, 0.15) is 29.9 Å². The number of benzene rings is 3. The average Bonchev–Trinajstić information content (AvgIpc) is 3.28. The van der Waals surface area contributed by atoms with E-state index >= 15 is 4.39 Å². The molecule has 192 valence electrons. The number of β-amino-alcohol motifs (C(OH)–C–C–N with tert-alkyl or cyclic N) is 1. The third-order valence-corrected chi connectivity index (χ3v) is 7.00. The van der Waals surface area contributed by atoms with Gasteiger partial charge in [-0.05, 0) is 60.4 Å². The highest BCUT2D eigenvalue weighted by molar-refractivity contribution is 5.66. The van der Waals surface area contributed by atoms with Crippen molar-refractivity contribution in [2.45, 2.75) is 25.5 Å². The summed E-state index contributed by atoms with van der Waals surface area (Å²) in [5.41, 5.74) is 2.75. The molecule has 1 atom stereocenters. The van der Waals surface area contributed by atoms with Crippen LogP contribution in [0, 0.1) is 18.6 Å². The van der Waals surface area contributed by atoms with E-state index in [1.165, 1.54) is 30.9 Å². The maximum atomic E-state index is 15.0. The second kappa shape index (κ2) is 10.8. The zero-order chi connectivity index (χ0) is 25.8. The molecule has 1 aromatic heterocycles. The van der Waals surface area contributed by atoms with Crippen LogP contribution in [0.25, 0.3) is 11.1 Å². The van der Waals surface area contributed by atoms with Gasteiger partial charge in [0.25, 0.3) is 0 Å². The van der Waals surface area contributed by atoms with Crippen molar-refractivity contribution in [1.82, 2.24) is 19.7 Å². The first-order valence-electron chi connectivity index (χ1n) is 12.5. The molecule has 4 aromatic rings. The van der Waals surface area contributed by atoms with Crippen LogP contribution in [0.15, 0.2) is 79.4 Å². The molecule has 37 heavy (non-hydrogen) atoms. The van der Waals surface area contributed by atoms with Crippen LogP contribution in [0.4, 0.5) is 14.5 Å². The van der Waals surface area contributed by atoms with E-state index in [1.54, 1.807) is 22.9 Å². The Bertz CT molecular complexity index is 1310. The predicted octanol–water partition coefficient (Wildman–Crippen LogP) is 4.63. The highest BCUT2D eigenvalue weighted by Crippen LogP contribution is 2.29. The van der Waals surface area contributed by atoms with Gasteiger partial charge in [0.05, 0.1) is 6.54 Å². The van der Waals surface area contributed by atoms with E-state index in [2.05, 4.69) is 44.1 Å². The summed E-state index contributed by atoms with van der Waals surface area (Å²) in [7, 11) is 0. The van der Waals surface area contributed by atoms with E-state index in [9.17, 15) is 9.50 Å². The molecule has 1 aliphatic heterocycles. The van der Waals surface area contributed by atoms with Crippen LogP contribution in [-0.4, -0.2) is 57.5 Å². The molecule has 1 unspecified atom stereocenters. The van der Waals surface area contributed by atoms with E-state index in [-0.39, 0.29) is 24.5 Å². The minimum atomic E-state index is -1.46. The molecule has 3 aromatic carbocycles. The topological polar surface area (TPSA) is 57.4 Å². The molecule has 0 radical (unpaired) electrons. The Morgan fingerprint density at radius 3 is 2.27 bits per heavy atom. The first kappa shape index (κ1) is 25.0. The van der Waals surface area contributed by atoms with Crippen molar-refractivity contribution < 1.29 is 13.9 Å². The lowest BCUT2D eigenvalue weighted by molar-refractivity contribution is -0.0201. The summed E-state index contributed by atoms with van der Waals surface area (Å²) < 4.78 is 29.8. The lowest BCUT2D eigenvalue weighted by Crippen LogP contribution is -2.45. The third kappa shape index (κ3) is 5.87. The Balaban J connectivity index is 1.29. The predicted molar refractivity (Wildman–Crippen MR) is 140 cm³/mol. The van der Waals surface area contributed by atoms with Gasteiger partial charge in [-0.2, -0.15) is 5.10 Å². The average molecular weight is 504 g/mol. The molecule has 0 spiro atoms. The van der Waals surface area contributed by atoms with Gasteiger partial charge in [-0.1, -0.05) is 36.4 Å². The monoisotopic (exact) mass is 503 g/mol. The zero-order valence-corrected chi connectivity index (χ0v) is 20.9. The fraction of sp³-hybridized carbons (Fsp3) is 0.310. The molecule has 1 aliphatic rings. The molecule has 0 bridgehead atoms. The number of rotatable bonds is 7. The number of anilines is 1. The molecule has 8 heteroatoms. The van der Waals surface area contributed by atoms with Gasteiger partial charge >= 0.3 is 0 Å². The van der Waals surface area contributed by atoms with Gasteiger partial charge in [0.15, 0.2) is 0 Å². The molecule has 1 fully saturated rings. The fourth-order valence-electron chi connectivity index (χ4n) is 5.06. The molecular formula is C29H31F2N5O. The lowest BCUT2D eigenvalue weighted by Gasteiger charge is -2.34. The van der Waals surface area contributed by atoms with Crippen LogP contribution < -0.4 is 4.90 Å². The Hall–Kier alpha value is -3.62. The third-order valence-electron chi connectivity index (χ3n) is 7.00. The maximum Gasteiger partial charge on any atom is 0.137 e. The van der Waals surface area contributed by atoms with Crippen molar-refractivity contribution in [2.24, 2.45) is 0 Å². The number of nitrogens with zero attached hydrogens (tertiary/aromatic N) is 5. The van der Waals surface area contributed by atoms with Crippen LogP contribution >= 0.6 is 0 Å². The van der Waals surface area contributed by atoms with Gasteiger partial charge in [0, 0.05) is 44.0 Å². The Morgan fingerprint density at radius 1 is 0.865 bits per heavy atom. The normalized spacial score (nSPS) is 16.4. The molecule has 5 rings (SSSR count). The molecule has 0 saturated carbocycles. The summed E-state index contributed by atoms with van der Waals surface area (Å²) >= 11 is 0. The lowest BCUT2D eigenvalue weighted by atomic mass is 9.91. The number of halogens is 2. The summed E-state index contributed by atoms with van der Waals surface area (Å²) in [4.78, 5) is 8.51. The first-order valence-corrected chi connectivity index (χ1v) is 12.5. The second-order valence-corrected chi connectivity index (χ2v) is 9.78. The van der Waals surface area contributed by atoms with Gasteiger partial charge < -0.3 is 10.0 Å². The molecule has 0 amide bonds. The molecule has 1 N–H and O–H groups in total. The quantitative estimate of drug-likeness (QED) is 0.399. The summed E-state index contributed by atoms with van der Waals surface area (Å²) in [6, 6.07) is 19.8. The minimum absolute atomic E-state index is 0.109. The Labute approximate surface area is 215 Å². The van der Waals surface area contributed by atoms with E-state index in [1.807, 2.05) is 13.0 Å². The summed E-state index contributed by atoms with van der Waals surface area (Å²) in [6.45, 7) is 5.41. The molecular weight excluding hydrogens is 472 g/mol. The first-order chi connectivity index (χ1) is 17.9. The van der Waals surface area contributed by atoms with Crippen molar-refractivity contribution in [3.05, 3.63) is 102 Å². The van der Waals surface area contributed by atoms with Crippen LogP contribution in [0.2, 0.25) is 0 Å². The van der Waals surface area contributed by atoms with Gasteiger partial charge in [-0.25, -0.2) is 18.4 Å². The molecule has 1 saturated heterocycles. The summed E-state index contributed by atoms with van der Waals surface area (Å²) in [6.07, 6.45) is 3.86. The zero-order valence-electron chi connectivity index (χ0n) is 20.9. The van der Waals surface area contributed by atoms with E-state index in [0.717, 1.165) is 55.0 Å². The van der Waals surface area contributed by atoms with E-state index < -0.39 is 11.4 Å².